The number of unbranched alkanes of at least 4 members (excludes halogenated alkanes) is 54. The van der Waals surface area contributed by atoms with Crippen LogP contribution in [-0.2, 0) is 13.1 Å². The summed E-state index contributed by atoms with van der Waals surface area (Å²) >= 11 is 0. The molecule has 0 bridgehead atoms. The van der Waals surface area contributed by atoms with Gasteiger partial charge in [0.2, 0.25) is 11.5 Å². The smallest absolute Gasteiger partial charge is 0.323 e. The number of anilines is 4. The molecule has 0 heterocycles. The van der Waals surface area contributed by atoms with E-state index in [1.54, 1.807) is 0 Å². The first kappa shape index (κ1) is 96.9. The predicted molar refractivity (Wildman–Crippen MR) is 477 cm³/mol. The minimum Gasteiger partial charge on any atom is -0.490 e. The lowest BCUT2D eigenvalue weighted by Crippen LogP contribution is -2.19. The maximum Gasteiger partial charge on any atom is 0.323 e. The molecule has 0 aliphatic heterocycles. The number of amides is 2. The normalized spacial score (nSPS) is 11.3. The van der Waals surface area contributed by atoms with Crippen LogP contribution < -0.4 is 49.7 Å². The molecule has 0 aliphatic rings. The number of carbonyl (C=O) groups excluding carboxylic acids is 1. The van der Waals surface area contributed by atoms with Gasteiger partial charge < -0.3 is 49.7 Å². The topological polar surface area (TPSA) is 121 Å². The fourth-order valence-corrected chi connectivity index (χ4v) is 14.8. The Labute approximate surface area is 677 Å². The minimum atomic E-state index is -0.302. The summed E-state index contributed by atoms with van der Waals surface area (Å²) in [5.41, 5.74) is 5.46. The van der Waals surface area contributed by atoms with E-state index in [1.165, 1.54) is 347 Å². The van der Waals surface area contributed by atoms with Gasteiger partial charge in [-0.15, -0.1) is 0 Å². The number of hydrogen-bond donors (Lipinski definition) is 4. The van der Waals surface area contributed by atoms with E-state index in [1.807, 2.05) is 48.5 Å². The molecule has 4 N–H and O–H groups in total. The zero-order chi connectivity index (χ0) is 78.1. The van der Waals surface area contributed by atoms with Gasteiger partial charge in [-0.3, -0.25) is 0 Å². The lowest BCUT2D eigenvalue weighted by molar-refractivity contribution is 0.234. The molecule has 0 atom stereocenters. The number of rotatable bonds is 80. The molecule has 0 radical (unpaired) electrons. The van der Waals surface area contributed by atoms with E-state index in [-0.39, 0.29) is 6.03 Å². The zero-order valence-electron chi connectivity index (χ0n) is 72.4. The van der Waals surface area contributed by atoms with E-state index in [0.717, 1.165) is 95.5 Å². The summed E-state index contributed by atoms with van der Waals surface area (Å²) in [5, 5.41) is 13.4. The van der Waals surface area contributed by atoms with Crippen LogP contribution in [0.15, 0.2) is 72.8 Å². The summed E-state index contributed by atoms with van der Waals surface area (Å²) < 4.78 is 40.4. The number of urea groups is 1. The summed E-state index contributed by atoms with van der Waals surface area (Å²) in [6.45, 7) is 18.8. The Kier molecular flexibility index (Phi) is 62.9. The Balaban J connectivity index is 1.42. The van der Waals surface area contributed by atoms with Gasteiger partial charge in [-0.1, -0.05) is 388 Å². The summed E-state index contributed by atoms with van der Waals surface area (Å²) in [7, 11) is 0. The van der Waals surface area contributed by atoms with Gasteiger partial charge >= 0.3 is 6.03 Å². The van der Waals surface area contributed by atoms with Crippen molar-refractivity contribution in [1.82, 2.24) is 0 Å². The molecule has 628 valence electrons. The summed E-state index contributed by atoms with van der Waals surface area (Å²) in [5.74, 6) is 4.64. The second-order valence-electron chi connectivity index (χ2n) is 32.5. The van der Waals surface area contributed by atoms with Crippen molar-refractivity contribution < 1.29 is 33.2 Å². The summed E-state index contributed by atoms with van der Waals surface area (Å²) in [6, 6.07) is 24.2. The van der Waals surface area contributed by atoms with Crippen molar-refractivity contribution in [3.63, 3.8) is 0 Å². The van der Waals surface area contributed by atoms with Crippen molar-refractivity contribution in [2.75, 3.05) is 60.9 Å². The van der Waals surface area contributed by atoms with Crippen molar-refractivity contribution in [2.24, 2.45) is 0 Å². The Morgan fingerprint density at radius 1 is 0.218 bits per heavy atom. The number of ether oxygens (including phenoxy) is 6. The van der Waals surface area contributed by atoms with Crippen LogP contribution >= 0.6 is 0 Å². The lowest BCUT2D eigenvalue weighted by atomic mass is 10.1. The molecular weight excluding hydrogens is 1360 g/mol. The zero-order valence-corrected chi connectivity index (χ0v) is 72.4. The molecule has 0 unspecified atom stereocenters. The SMILES string of the molecule is CCCCCCCCCCCCOc1cc(CNc2ccc(NC(=O)Nc3ccc(NCc4cc(OCCCCCCCCCCCC)c(OCCCCCCCCCCCC)c(OCCCCCCCCCCCC)c4)cc3)cc2)cc(OCCCCCCCCCCCC)c1OCCCCCCCCCCCC. The third-order valence-electron chi connectivity index (χ3n) is 22.0. The van der Waals surface area contributed by atoms with Crippen LogP contribution in [0.2, 0.25) is 0 Å². The molecule has 0 saturated carbocycles. The molecule has 2 amide bonds. The first-order valence-electron chi connectivity index (χ1n) is 47.3. The van der Waals surface area contributed by atoms with Gasteiger partial charge in [0.1, 0.15) is 0 Å². The summed E-state index contributed by atoms with van der Waals surface area (Å²) in [4.78, 5) is 13.6. The van der Waals surface area contributed by atoms with Crippen molar-refractivity contribution in [3.8, 4) is 34.5 Å². The number of carbonyl (C=O) groups is 1. The highest BCUT2D eigenvalue weighted by atomic mass is 16.5. The Morgan fingerprint density at radius 2 is 0.382 bits per heavy atom. The van der Waals surface area contributed by atoms with E-state index in [2.05, 4.69) is 87.1 Å². The Bertz CT molecular complexity index is 2430. The van der Waals surface area contributed by atoms with Gasteiger partial charge in [-0.05, 0) is 122 Å². The largest absolute Gasteiger partial charge is 0.490 e. The maximum absolute atomic E-state index is 13.6. The van der Waals surface area contributed by atoms with Gasteiger partial charge in [0.15, 0.2) is 23.0 Å². The number of hydrogen-bond acceptors (Lipinski definition) is 9. The standard InChI is InChI=1S/C99H170N4O7/c1-7-13-19-25-31-37-43-49-55-61-75-105-93-81-87(82-94(106-76-62-56-50-44-38-32-26-20-14-8-2)97(93)109-79-65-59-53-47-41-35-29-23-17-11-5)85-100-89-67-71-91(72-68-89)102-99(104)103-92-73-69-90(70-74-92)101-86-88-83-95(107-77-63-57-51-45-39-33-27-21-15-9-3)98(110-80-66-60-54-48-42-36-30-24-18-12-6)96(84-88)108-78-64-58-52-46-40-34-28-22-16-10-4/h67-74,81-84,100-101H,7-66,75-80,85-86H2,1-6H3,(H2,102,103,104). The first-order chi connectivity index (χ1) is 54.4. The molecule has 0 spiro atoms. The molecule has 0 saturated heterocycles. The maximum atomic E-state index is 13.6. The number of nitrogens with one attached hydrogen (secondary N) is 4. The molecule has 11 heteroatoms. The van der Waals surface area contributed by atoms with Gasteiger partial charge in [0.25, 0.3) is 0 Å². The van der Waals surface area contributed by atoms with Crippen LogP contribution in [0.5, 0.6) is 34.5 Å². The van der Waals surface area contributed by atoms with Gasteiger partial charge in [0, 0.05) is 35.8 Å². The molecule has 110 heavy (non-hydrogen) atoms. The average molecular weight is 1530 g/mol. The van der Waals surface area contributed by atoms with E-state index in [0.29, 0.717) is 64.1 Å². The van der Waals surface area contributed by atoms with Crippen molar-refractivity contribution in [2.45, 2.75) is 440 Å². The fraction of sp³-hybridized carbons (Fsp3) is 0.747. The minimum absolute atomic E-state index is 0.302. The van der Waals surface area contributed by atoms with Gasteiger partial charge in [-0.2, -0.15) is 0 Å². The van der Waals surface area contributed by atoms with Crippen LogP contribution in [0, 0.1) is 0 Å². The Hall–Kier alpha value is -5.45. The van der Waals surface area contributed by atoms with E-state index in [4.69, 9.17) is 28.4 Å². The molecule has 0 aliphatic carbocycles. The number of benzene rings is 4. The highest BCUT2D eigenvalue weighted by Gasteiger charge is 2.19. The molecule has 4 aromatic carbocycles. The van der Waals surface area contributed by atoms with E-state index >= 15 is 0 Å². The average Bonchev–Trinajstić information content (AvgIpc) is 0.826. The molecule has 0 aromatic heterocycles. The second kappa shape index (κ2) is 71.3. The molecule has 4 rings (SSSR count). The van der Waals surface area contributed by atoms with Gasteiger partial charge in [-0.25, -0.2) is 4.79 Å². The van der Waals surface area contributed by atoms with E-state index in [9.17, 15) is 4.79 Å². The molecule has 4 aromatic rings. The van der Waals surface area contributed by atoms with E-state index < -0.39 is 0 Å². The molecular formula is C99H170N4O7. The quantitative estimate of drug-likeness (QED) is 0.0320. The molecule has 0 fully saturated rings. The van der Waals surface area contributed by atoms with Crippen LogP contribution in [0.25, 0.3) is 0 Å². The van der Waals surface area contributed by atoms with Crippen LogP contribution in [0.1, 0.15) is 438 Å². The molecule has 11 nitrogen and oxygen atoms in total. The highest BCUT2D eigenvalue weighted by molar-refractivity contribution is 5.99. The van der Waals surface area contributed by atoms with Crippen molar-refractivity contribution in [1.29, 1.82) is 0 Å². The predicted octanol–water partition coefficient (Wildman–Crippen LogP) is 32.4. The highest BCUT2D eigenvalue weighted by Crippen LogP contribution is 2.42. The second-order valence-corrected chi connectivity index (χ2v) is 32.5. The van der Waals surface area contributed by atoms with Crippen LogP contribution in [0.3, 0.4) is 0 Å². The van der Waals surface area contributed by atoms with Crippen LogP contribution in [-0.4, -0.2) is 45.7 Å². The van der Waals surface area contributed by atoms with Crippen molar-refractivity contribution >= 4 is 28.8 Å². The third kappa shape index (κ3) is 52.0. The monoisotopic (exact) mass is 1530 g/mol. The fourth-order valence-electron chi connectivity index (χ4n) is 14.8. The van der Waals surface area contributed by atoms with Gasteiger partial charge in [0.05, 0.1) is 39.6 Å². The third-order valence-corrected chi connectivity index (χ3v) is 22.0. The first-order valence-corrected chi connectivity index (χ1v) is 47.3. The summed E-state index contributed by atoms with van der Waals surface area (Å²) in [6.07, 6.45) is 77.1. The Morgan fingerprint density at radius 3 is 0.573 bits per heavy atom. The van der Waals surface area contributed by atoms with Crippen LogP contribution in [0.4, 0.5) is 27.5 Å². The lowest BCUT2D eigenvalue weighted by Gasteiger charge is -2.19. The van der Waals surface area contributed by atoms with Crippen molar-refractivity contribution in [3.05, 3.63) is 83.9 Å².